The molecule has 0 atom stereocenters. The van der Waals surface area contributed by atoms with E-state index in [9.17, 15) is 9.59 Å². The van der Waals surface area contributed by atoms with E-state index in [0.717, 1.165) is 11.2 Å². The van der Waals surface area contributed by atoms with Gasteiger partial charge >= 0.3 is 5.97 Å². The fraction of sp³-hybridized carbons (Fsp3) is 0.136. The maximum atomic E-state index is 12.6. The lowest BCUT2D eigenvalue weighted by Gasteiger charge is -2.02. The number of halogens is 1. The fourth-order valence-corrected chi connectivity index (χ4v) is 3.67. The van der Waals surface area contributed by atoms with Crippen LogP contribution in [0.1, 0.15) is 32.1 Å². The summed E-state index contributed by atoms with van der Waals surface area (Å²) < 4.78 is 9.97. The Morgan fingerprint density at radius 1 is 1.12 bits per heavy atom. The molecule has 0 aliphatic heterocycles. The van der Waals surface area contributed by atoms with Gasteiger partial charge in [0.15, 0.2) is 0 Å². The molecule has 0 radical (unpaired) electrons. The Bertz CT molecular complexity index is 1500. The minimum absolute atomic E-state index is 0.260. The molecule has 0 fully saturated rings. The Morgan fingerprint density at radius 2 is 2.00 bits per heavy atom. The number of fused-ring (bicyclic) bond motifs is 2. The lowest BCUT2D eigenvalue weighted by atomic mass is 10.3. The van der Waals surface area contributed by atoms with E-state index in [-0.39, 0.29) is 12.5 Å². The third-order valence-electron chi connectivity index (χ3n) is 5.14. The summed E-state index contributed by atoms with van der Waals surface area (Å²) in [5, 5.41) is 7.72. The van der Waals surface area contributed by atoms with Crippen LogP contribution in [0.3, 0.4) is 0 Å². The Labute approximate surface area is 192 Å². The maximum absolute atomic E-state index is 12.6. The lowest BCUT2D eigenvalue weighted by Crippen LogP contribution is -2.22. The predicted molar refractivity (Wildman–Crippen MR) is 119 cm³/mol. The van der Waals surface area contributed by atoms with Crippen molar-refractivity contribution in [3.63, 3.8) is 0 Å². The summed E-state index contributed by atoms with van der Waals surface area (Å²) >= 11 is 6.06. The van der Waals surface area contributed by atoms with Crippen LogP contribution in [-0.4, -0.2) is 47.5 Å². The molecule has 166 valence electrons. The number of nitrogens with zero attached hydrogens (tertiary/aromatic N) is 6. The Hall–Kier alpha value is -4.18. The molecule has 0 saturated heterocycles. The van der Waals surface area contributed by atoms with Crippen LogP contribution in [-0.2, 0) is 17.8 Å². The Balaban J connectivity index is 1.26. The van der Waals surface area contributed by atoms with E-state index in [4.69, 9.17) is 16.3 Å². The highest BCUT2D eigenvalue weighted by atomic mass is 35.5. The summed E-state index contributed by atoms with van der Waals surface area (Å²) in [6.45, 7) is 0.627. The van der Waals surface area contributed by atoms with E-state index >= 15 is 0 Å². The third kappa shape index (κ3) is 4.15. The highest BCUT2D eigenvalue weighted by molar-refractivity contribution is 6.30. The first-order valence-electron chi connectivity index (χ1n) is 9.98. The molecule has 10 nitrogen and oxygen atoms in total. The fourth-order valence-electron chi connectivity index (χ4n) is 3.51. The Morgan fingerprint density at radius 3 is 2.85 bits per heavy atom. The summed E-state index contributed by atoms with van der Waals surface area (Å²) in [5.41, 5.74) is 3.83. The molecule has 0 aliphatic carbocycles. The summed E-state index contributed by atoms with van der Waals surface area (Å²) in [7, 11) is 1.34. The van der Waals surface area contributed by atoms with Crippen LogP contribution in [0.4, 0.5) is 0 Å². The van der Waals surface area contributed by atoms with Crippen molar-refractivity contribution in [2.45, 2.75) is 13.1 Å². The zero-order valence-corrected chi connectivity index (χ0v) is 18.2. The minimum atomic E-state index is -0.415. The molecule has 11 heteroatoms. The van der Waals surface area contributed by atoms with Gasteiger partial charge in [-0.2, -0.15) is 5.10 Å². The lowest BCUT2D eigenvalue weighted by molar-refractivity contribution is 0.0600. The average Bonchev–Trinajstić information content (AvgIpc) is 3.54. The number of pyridine rings is 2. The van der Waals surface area contributed by atoms with E-state index in [1.165, 1.54) is 13.3 Å². The number of aromatic nitrogens is 6. The van der Waals surface area contributed by atoms with E-state index in [2.05, 4.69) is 20.4 Å². The van der Waals surface area contributed by atoms with Gasteiger partial charge in [-0.1, -0.05) is 11.6 Å². The van der Waals surface area contributed by atoms with Crippen LogP contribution >= 0.6 is 11.6 Å². The van der Waals surface area contributed by atoms with Gasteiger partial charge in [-0.25, -0.2) is 14.8 Å². The molecule has 5 aromatic heterocycles. The van der Waals surface area contributed by atoms with Crippen LogP contribution in [0.5, 0.6) is 0 Å². The zero-order valence-electron chi connectivity index (χ0n) is 17.5. The van der Waals surface area contributed by atoms with E-state index in [0.29, 0.717) is 34.0 Å². The van der Waals surface area contributed by atoms with Gasteiger partial charge in [0.1, 0.15) is 5.65 Å². The molecular formula is C22H18ClN7O3. The van der Waals surface area contributed by atoms with Crippen LogP contribution in [0.25, 0.3) is 11.2 Å². The first-order valence-corrected chi connectivity index (χ1v) is 10.4. The topological polar surface area (TPSA) is 108 Å². The smallest absolute Gasteiger partial charge is 0.339 e. The Kier molecular flexibility index (Phi) is 5.27. The number of hydrogen-bond acceptors (Lipinski definition) is 6. The van der Waals surface area contributed by atoms with E-state index < -0.39 is 5.97 Å². The van der Waals surface area contributed by atoms with Gasteiger partial charge in [-0.3, -0.25) is 9.48 Å². The summed E-state index contributed by atoms with van der Waals surface area (Å²) in [6, 6.07) is 6.97. The van der Waals surface area contributed by atoms with Gasteiger partial charge in [0, 0.05) is 29.8 Å². The maximum Gasteiger partial charge on any atom is 0.339 e. The molecule has 5 aromatic rings. The number of carbonyl (C=O) groups is 2. The van der Waals surface area contributed by atoms with Gasteiger partial charge in [0.25, 0.3) is 5.91 Å². The second-order valence-electron chi connectivity index (χ2n) is 7.35. The van der Waals surface area contributed by atoms with Crippen molar-refractivity contribution >= 4 is 34.6 Å². The SMILES string of the molecule is COC(=O)c1ccc2nc(Cn3cc(C(=O)NCc4ncn5ccc(Cl)cc45)cn3)cn2c1. The number of esters is 1. The van der Waals surface area contributed by atoms with E-state index in [1.54, 1.807) is 58.3 Å². The molecule has 0 spiro atoms. The molecule has 0 bridgehead atoms. The van der Waals surface area contributed by atoms with Gasteiger partial charge in [-0.15, -0.1) is 0 Å². The molecule has 1 N–H and O–H groups in total. The largest absolute Gasteiger partial charge is 0.465 e. The van der Waals surface area contributed by atoms with Crippen molar-refractivity contribution in [3.05, 3.63) is 89.1 Å². The number of ether oxygens (including phenoxy) is 1. The first kappa shape index (κ1) is 20.7. The number of rotatable bonds is 6. The van der Waals surface area contributed by atoms with Crippen molar-refractivity contribution in [2.75, 3.05) is 7.11 Å². The number of amides is 1. The molecule has 5 rings (SSSR count). The highest BCUT2D eigenvalue weighted by Crippen LogP contribution is 2.16. The van der Waals surface area contributed by atoms with Gasteiger partial charge in [0.2, 0.25) is 0 Å². The van der Waals surface area contributed by atoms with Crippen LogP contribution < -0.4 is 5.32 Å². The van der Waals surface area contributed by atoms with Crippen LogP contribution in [0.2, 0.25) is 5.02 Å². The number of nitrogens with one attached hydrogen (secondary N) is 1. The monoisotopic (exact) mass is 463 g/mol. The van der Waals surface area contributed by atoms with Crippen molar-refractivity contribution in [1.29, 1.82) is 0 Å². The van der Waals surface area contributed by atoms with E-state index in [1.807, 2.05) is 10.6 Å². The van der Waals surface area contributed by atoms with Crippen LogP contribution in [0, 0.1) is 0 Å². The number of hydrogen-bond donors (Lipinski definition) is 1. The summed E-state index contributed by atoms with van der Waals surface area (Å²) in [5.74, 6) is -0.677. The van der Waals surface area contributed by atoms with Crippen molar-refractivity contribution in [1.82, 2.24) is 33.9 Å². The normalized spacial score (nSPS) is 11.2. The van der Waals surface area contributed by atoms with Gasteiger partial charge in [0.05, 0.1) is 60.8 Å². The average molecular weight is 464 g/mol. The van der Waals surface area contributed by atoms with Crippen molar-refractivity contribution in [2.24, 2.45) is 0 Å². The molecule has 1 amide bonds. The predicted octanol–water partition coefficient (Wildman–Crippen LogP) is 2.60. The molecular weight excluding hydrogens is 446 g/mol. The standard InChI is InChI=1S/C22H18ClN7O3/c1-33-22(32)14-2-3-20-27-17(11-29(20)9-14)12-30-10-15(7-26-30)21(31)24-8-18-19-6-16(23)4-5-28(19)13-25-18/h2-7,9-11,13H,8,12H2,1H3,(H,24,31). The van der Waals surface area contributed by atoms with Gasteiger partial charge < -0.3 is 18.9 Å². The minimum Gasteiger partial charge on any atom is -0.465 e. The molecule has 0 aliphatic rings. The molecule has 0 unspecified atom stereocenters. The number of methoxy groups -OCH3 is 1. The number of carbonyl (C=O) groups excluding carboxylic acids is 2. The third-order valence-corrected chi connectivity index (χ3v) is 5.37. The summed E-state index contributed by atoms with van der Waals surface area (Å²) in [6.07, 6.45) is 10.1. The zero-order chi connectivity index (χ0) is 22.9. The molecule has 5 heterocycles. The van der Waals surface area contributed by atoms with Crippen molar-refractivity contribution in [3.8, 4) is 0 Å². The number of imidazole rings is 2. The molecule has 33 heavy (non-hydrogen) atoms. The quantitative estimate of drug-likeness (QED) is 0.388. The van der Waals surface area contributed by atoms with Gasteiger partial charge in [-0.05, 0) is 24.3 Å². The first-order chi connectivity index (χ1) is 16.0. The molecule has 0 aromatic carbocycles. The second kappa shape index (κ2) is 8.40. The summed E-state index contributed by atoms with van der Waals surface area (Å²) in [4.78, 5) is 33.2. The second-order valence-corrected chi connectivity index (χ2v) is 7.78. The van der Waals surface area contributed by atoms with Crippen molar-refractivity contribution < 1.29 is 14.3 Å². The van der Waals surface area contributed by atoms with Crippen LogP contribution in [0.15, 0.2) is 61.6 Å². The highest BCUT2D eigenvalue weighted by Gasteiger charge is 2.13. The molecule has 0 saturated carbocycles.